The Labute approximate surface area is 347 Å². The maximum atomic E-state index is 5.61. The summed E-state index contributed by atoms with van der Waals surface area (Å²) in [5.74, 6) is 2.47. The van der Waals surface area contributed by atoms with Crippen LogP contribution >= 0.6 is 0 Å². The molecule has 0 atom stereocenters. The number of hydrogen-bond acceptors (Lipinski definition) is 2. The molecule has 4 aromatic heterocycles. The number of aromatic nitrogens is 5. The molecule has 5 nitrogen and oxygen atoms in total. The first-order valence-electron chi connectivity index (χ1n) is 20.4. The van der Waals surface area contributed by atoms with Crippen LogP contribution in [-0.4, -0.2) is 31.6 Å². The Morgan fingerprint density at radius 1 is 0.317 bits per heavy atom. The van der Waals surface area contributed by atoms with Crippen LogP contribution in [0.25, 0.3) is 72.4 Å². The summed E-state index contributed by atoms with van der Waals surface area (Å²) >= 11 is 0. The van der Waals surface area contributed by atoms with Gasteiger partial charge in [0.1, 0.15) is 11.6 Å². The third kappa shape index (κ3) is 5.11. The third-order valence-corrected chi connectivity index (χ3v) is 17.0. The molecule has 0 saturated carbocycles. The van der Waals surface area contributed by atoms with Gasteiger partial charge in [0.15, 0.2) is 8.07 Å². The Morgan fingerprint density at radius 2 is 0.783 bits per heavy atom. The average Bonchev–Trinajstić information content (AvgIpc) is 3.97. The molecule has 0 bridgehead atoms. The van der Waals surface area contributed by atoms with Crippen molar-refractivity contribution in [2.75, 3.05) is 0 Å². The molecule has 0 spiro atoms. The normalized spacial score (nSPS) is 12.0. The fraction of sp³-hybridized carbons (Fsp3) is 0. The van der Waals surface area contributed by atoms with Gasteiger partial charge in [-0.25, -0.2) is 9.97 Å². The predicted octanol–water partition coefficient (Wildman–Crippen LogP) is 9.97. The fourth-order valence-electron chi connectivity index (χ4n) is 9.64. The van der Waals surface area contributed by atoms with Crippen molar-refractivity contribution in [2.45, 2.75) is 0 Å². The maximum absolute atomic E-state index is 5.61. The highest BCUT2D eigenvalue weighted by Crippen LogP contribution is 2.35. The molecule has 8 aromatic carbocycles. The fourth-order valence-corrected chi connectivity index (χ4v) is 14.4. The van der Waals surface area contributed by atoms with Gasteiger partial charge in [0.25, 0.3) is 0 Å². The van der Waals surface area contributed by atoms with Crippen LogP contribution in [0.1, 0.15) is 0 Å². The van der Waals surface area contributed by atoms with Gasteiger partial charge in [-0.05, 0) is 80.4 Å². The number of rotatable bonds is 7. The molecule has 0 radical (unpaired) electrons. The summed E-state index contributed by atoms with van der Waals surface area (Å²) in [4.78, 5) is 10.9. The van der Waals surface area contributed by atoms with Crippen molar-refractivity contribution in [3.05, 3.63) is 224 Å². The lowest BCUT2D eigenvalue weighted by Crippen LogP contribution is -2.74. The van der Waals surface area contributed by atoms with Gasteiger partial charge < -0.3 is 0 Å². The highest BCUT2D eigenvalue weighted by atomic mass is 28.3. The molecule has 0 N–H and O–H groups in total. The van der Waals surface area contributed by atoms with Gasteiger partial charge in [0.2, 0.25) is 5.78 Å². The lowest BCUT2D eigenvalue weighted by atomic mass is 10.1. The maximum Gasteiger partial charge on any atom is 0.221 e. The van der Waals surface area contributed by atoms with Crippen LogP contribution in [-0.2, 0) is 0 Å². The second kappa shape index (κ2) is 13.7. The van der Waals surface area contributed by atoms with Gasteiger partial charge in [-0.2, -0.15) is 0 Å². The quantitative estimate of drug-likeness (QED) is 0.119. The van der Waals surface area contributed by atoms with Crippen LogP contribution in [0.2, 0.25) is 0 Å². The Balaban J connectivity index is 1.17. The van der Waals surface area contributed by atoms with Crippen LogP contribution in [0.15, 0.2) is 224 Å². The summed E-state index contributed by atoms with van der Waals surface area (Å²) in [5.41, 5.74) is 8.56. The first kappa shape index (κ1) is 34.3. The average molecular weight is 784 g/mol. The van der Waals surface area contributed by atoms with E-state index in [2.05, 4.69) is 238 Å². The van der Waals surface area contributed by atoms with Crippen molar-refractivity contribution in [1.29, 1.82) is 0 Å². The minimum absolute atomic E-state index is 0.800. The lowest BCUT2D eigenvalue weighted by molar-refractivity contribution is 0.997. The van der Waals surface area contributed by atoms with Crippen LogP contribution in [0.4, 0.5) is 0 Å². The van der Waals surface area contributed by atoms with E-state index < -0.39 is 8.07 Å². The Hall–Kier alpha value is -7.80. The van der Waals surface area contributed by atoms with Gasteiger partial charge in [0, 0.05) is 10.8 Å². The van der Waals surface area contributed by atoms with E-state index in [0.717, 1.165) is 61.6 Å². The summed E-state index contributed by atoms with van der Waals surface area (Å²) in [6.07, 6.45) is 0. The van der Waals surface area contributed by atoms with Crippen molar-refractivity contribution in [2.24, 2.45) is 0 Å². The second-order valence-corrected chi connectivity index (χ2v) is 19.2. The van der Waals surface area contributed by atoms with Gasteiger partial charge in [-0.15, -0.1) is 0 Å². The molecule has 0 amide bonds. The zero-order valence-electron chi connectivity index (χ0n) is 32.6. The molecular weight excluding hydrogens is 747 g/mol. The highest BCUT2D eigenvalue weighted by molar-refractivity contribution is 7.19. The van der Waals surface area contributed by atoms with Crippen molar-refractivity contribution < 1.29 is 0 Å². The Morgan fingerprint density at radius 3 is 1.38 bits per heavy atom. The molecule has 0 aliphatic carbocycles. The number of pyridine rings is 1. The van der Waals surface area contributed by atoms with Gasteiger partial charge in [-0.3, -0.25) is 13.5 Å². The van der Waals surface area contributed by atoms with E-state index >= 15 is 0 Å². The molecule has 12 rings (SSSR count). The number of para-hydroxylation sites is 6. The predicted molar refractivity (Wildman–Crippen MR) is 251 cm³/mol. The topological polar surface area (TPSA) is 40.0 Å². The molecule has 6 heteroatoms. The molecule has 60 heavy (non-hydrogen) atoms. The van der Waals surface area contributed by atoms with Gasteiger partial charge >= 0.3 is 0 Å². The van der Waals surface area contributed by atoms with E-state index in [0.29, 0.717) is 0 Å². The molecule has 0 unspecified atom stereocenters. The molecule has 0 saturated heterocycles. The smallest absolute Gasteiger partial charge is 0.221 e. The second-order valence-electron chi connectivity index (χ2n) is 15.4. The minimum atomic E-state index is -2.80. The van der Waals surface area contributed by atoms with Gasteiger partial charge in [-0.1, -0.05) is 176 Å². The number of nitrogens with zero attached hydrogens (tertiary/aromatic N) is 5. The summed E-state index contributed by atoms with van der Waals surface area (Å²) in [6.45, 7) is 0. The summed E-state index contributed by atoms with van der Waals surface area (Å²) in [6, 6.07) is 81.4. The monoisotopic (exact) mass is 783 g/mol. The molecule has 0 aliphatic heterocycles. The summed E-state index contributed by atoms with van der Waals surface area (Å²) in [5, 5.41) is 7.73. The minimum Gasteiger partial charge on any atom is -0.294 e. The van der Waals surface area contributed by atoms with E-state index in [9.17, 15) is 0 Å². The number of benzene rings is 8. The first-order chi connectivity index (χ1) is 29.8. The summed E-state index contributed by atoms with van der Waals surface area (Å²) < 4.78 is 6.82. The van der Waals surface area contributed by atoms with Crippen LogP contribution in [0, 0.1) is 0 Å². The molecule has 282 valence electrons. The van der Waals surface area contributed by atoms with E-state index in [-0.39, 0.29) is 0 Å². The molecule has 4 heterocycles. The van der Waals surface area contributed by atoms with Gasteiger partial charge in [0.05, 0.1) is 33.1 Å². The van der Waals surface area contributed by atoms with Crippen molar-refractivity contribution in [3.8, 4) is 22.8 Å². The van der Waals surface area contributed by atoms with E-state index in [1.807, 2.05) is 0 Å². The number of imidazole rings is 2. The van der Waals surface area contributed by atoms with E-state index in [1.165, 1.54) is 31.5 Å². The zero-order chi connectivity index (χ0) is 39.6. The van der Waals surface area contributed by atoms with Crippen LogP contribution in [0.5, 0.6) is 0 Å². The zero-order valence-corrected chi connectivity index (χ0v) is 33.6. The van der Waals surface area contributed by atoms with E-state index in [1.54, 1.807) is 0 Å². The molecule has 12 aromatic rings. The molecule has 0 aliphatic rings. The van der Waals surface area contributed by atoms with Crippen molar-refractivity contribution >= 4 is 78.5 Å². The van der Waals surface area contributed by atoms with E-state index in [4.69, 9.17) is 9.97 Å². The number of fused-ring (bicyclic) bond motifs is 8. The largest absolute Gasteiger partial charge is 0.294 e. The summed E-state index contributed by atoms with van der Waals surface area (Å²) in [7, 11) is -2.80. The van der Waals surface area contributed by atoms with Crippen molar-refractivity contribution in [3.63, 3.8) is 0 Å². The Kier molecular flexibility index (Phi) is 7.80. The van der Waals surface area contributed by atoms with Crippen LogP contribution < -0.4 is 20.7 Å². The SMILES string of the molecule is c1ccc([Si](c2ccccc2)(c2ccccc2)c2cccc(-c3cc(-n4c5ccccc5c5ccccc54)nc(-n4c5ccccc5n5c6ccccc6nc45)c3)c2)cc1. The number of hydrogen-bond donors (Lipinski definition) is 0. The highest BCUT2D eigenvalue weighted by Gasteiger charge is 2.41. The third-order valence-electron chi connectivity index (χ3n) is 12.2. The van der Waals surface area contributed by atoms with Crippen molar-refractivity contribution in [1.82, 2.24) is 23.5 Å². The lowest BCUT2D eigenvalue weighted by Gasteiger charge is -2.34. The standard InChI is InChI=1S/C54H37N5Si/c1-4-20-40(21-5-1)60(41-22-6-2-7-23-41,42-24-8-3-9-25-42)43-26-18-19-38(35-43)39-36-52(57-47-30-13-10-27-44(47)45-28-11-14-31-48(45)57)56-53(37-39)59-51-34-17-16-33-50(51)58-49-32-15-12-29-46(49)55-54(58)59/h1-37H. The first-order valence-corrected chi connectivity index (χ1v) is 22.4. The molecule has 0 fully saturated rings. The Bertz CT molecular complexity index is 3400. The van der Waals surface area contributed by atoms with Crippen LogP contribution in [0.3, 0.4) is 0 Å². The molecular formula is C54H37N5Si.